The number of benzene rings is 4. The second-order valence-corrected chi connectivity index (χ2v) is 8.16. The molecule has 0 spiro atoms. The van der Waals surface area contributed by atoms with E-state index in [4.69, 9.17) is 0 Å². The summed E-state index contributed by atoms with van der Waals surface area (Å²) < 4.78 is 2.35. The van der Waals surface area contributed by atoms with Gasteiger partial charge in [0.15, 0.2) is 0 Å². The summed E-state index contributed by atoms with van der Waals surface area (Å²) in [4.78, 5) is 4.54. The normalized spacial score (nSPS) is 11.3. The molecule has 0 unspecified atom stereocenters. The minimum Gasteiger partial charge on any atom is -0.309 e. The Kier molecular flexibility index (Phi) is 4.36. The first kappa shape index (κ1) is 18.6. The van der Waals surface area contributed by atoms with Gasteiger partial charge in [-0.15, -0.1) is 0 Å². The Balaban J connectivity index is 1.58. The molecule has 0 aliphatic heterocycles. The second kappa shape index (κ2) is 7.51. The lowest BCUT2D eigenvalue weighted by Crippen LogP contribution is -1.93. The van der Waals surface area contributed by atoms with Crippen LogP contribution in [-0.4, -0.2) is 9.55 Å². The van der Waals surface area contributed by atoms with Crippen LogP contribution in [0.5, 0.6) is 0 Å². The van der Waals surface area contributed by atoms with E-state index in [0.29, 0.717) is 0 Å². The molecule has 2 heterocycles. The van der Waals surface area contributed by atoms with Crippen LogP contribution in [0.4, 0.5) is 0 Å². The van der Waals surface area contributed by atoms with Gasteiger partial charge in [-0.2, -0.15) is 0 Å². The van der Waals surface area contributed by atoms with E-state index >= 15 is 0 Å². The molecule has 4 aromatic carbocycles. The van der Waals surface area contributed by atoms with Crippen LogP contribution in [0.3, 0.4) is 0 Å². The van der Waals surface area contributed by atoms with Crippen molar-refractivity contribution in [1.29, 1.82) is 0 Å². The molecule has 0 saturated carbocycles. The van der Waals surface area contributed by atoms with Crippen LogP contribution < -0.4 is 0 Å². The Bertz CT molecular complexity index is 1560. The van der Waals surface area contributed by atoms with Gasteiger partial charge in [-0.05, 0) is 72.1 Å². The summed E-state index contributed by atoms with van der Waals surface area (Å²) in [6, 6.07) is 38.7. The number of nitrogens with zero attached hydrogens (tertiary/aromatic N) is 2. The summed E-state index contributed by atoms with van der Waals surface area (Å²) >= 11 is 0. The van der Waals surface area contributed by atoms with Gasteiger partial charge in [0.05, 0.1) is 16.7 Å². The van der Waals surface area contributed by atoms with Crippen molar-refractivity contribution in [3.8, 4) is 28.1 Å². The molecule has 0 saturated heterocycles. The molecular formula is C30H22N2. The maximum atomic E-state index is 4.54. The quantitative estimate of drug-likeness (QED) is 0.291. The monoisotopic (exact) mass is 410 g/mol. The van der Waals surface area contributed by atoms with Gasteiger partial charge >= 0.3 is 0 Å². The molecule has 152 valence electrons. The van der Waals surface area contributed by atoms with Gasteiger partial charge in [0.2, 0.25) is 0 Å². The number of hydrogen-bond donors (Lipinski definition) is 0. The van der Waals surface area contributed by atoms with Gasteiger partial charge in [-0.3, -0.25) is 4.98 Å². The van der Waals surface area contributed by atoms with Crippen molar-refractivity contribution < 1.29 is 0 Å². The van der Waals surface area contributed by atoms with Gasteiger partial charge in [-0.1, -0.05) is 60.7 Å². The number of aryl methyl sites for hydroxylation is 1. The number of rotatable bonds is 3. The summed E-state index contributed by atoms with van der Waals surface area (Å²) in [5.74, 6) is 0. The molecule has 2 aromatic heterocycles. The van der Waals surface area contributed by atoms with E-state index in [1.807, 2.05) is 18.3 Å². The van der Waals surface area contributed by atoms with E-state index in [-0.39, 0.29) is 0 Å². The number of aromatic nitrogens is 2. The van der Waals surface area contributed by atoms with Crippen molar-refractivity contribution in [2.45, 2.75) is 6.92 Å². The van der Waals surface area contributed by atoms with E-state index in [1.165, 1.54) is 44.2 Å². The Labute approximate surface area is 187 Å². The van der Waals surface area contributed by atoms with Gasteiger partial charge in [0.25, 0.3) is 0 Å². The van der Waals surface area contributed by atoms with Crippen molar-refractivity contribution in [2.75, 3.05) is 0 Å². The Morgan fingerprint density at radius 3 is 2.19 bits per heavy atom. The average Bonchev–Trinajstić information content (AvgIpc) is 3.19. The van der Waals surface area contributed by atoms with E-state index in [1.54, 1.807) is 0 Å². The highest BCUT2D eigenvalue weighted by atomic mass is 15.0. The third kappa shape index (κ3) is 3.00. The lowest BCUT2D eigenvalue weighted by Gasteiger charge is -2.11. The standard InChI is InChI=1S/C30H22N2/c1-21-14-15-23(28-12-7-8-18-31-28)20-26(21)22-16-17-30-27(19-22)25-11-5-6-13-29(25)32(30)24-9-3-2-4-10-24/h2-20H,1H3. The van der Waals surface area contributed by atoms with Crippen LogP contribution in [0.25, 0.3) is 49.9 Å². The number of para-hydroxylation sites is 2. The molecular weight excluding hydrogens is 388 g/mol. The molecule has 2 nitrogen and oxygen atoms in total. The van der Waals surface area contributed by atoms with Gasteiger partial charge in [-0.25, -0.2) is 0 Å². The highest BCUT2D eigenvalue weighted by Crippen LogP contribution is 2.36. The predicted octanol–water partition coefficient (Wildman–Crippen LogP) is 7.82. The van der Waals surface area contributed by atoms with Crippen molar-refractivity contribution in [3.63, 3.8) is 0 Å². The summed E-state index contributed by atoms with van der Waals surface area (Å²) in [5.41, 5.74) is 9.49. The summed E-state index contributed by atoms with van der Waals surface area (Å²) in [5, 5.41) is 2.54. The highest BCUT2D eigenvalue weighted by Gasteiger charge is 2.14. The molecule has 0 N–H and O–H groups in total. The van der Waals surface area contributed by atoms with E-state index in [9.17, 15) is 0 Å². The lowest BCUT2D eigenvalue weighted by molar-refractivity contribution is 1.18. The van der Waals surface area contributed by atoms with Crippen LogP contribution >= 0.6 is 0 Å². The van der Waals surface area contributed by atoms with Gasteiger partial charge in [0, 0.05) is 28.2 Å². The highest BCUT2D eigenvalue weighted by molar-refractivity contribution is 6.10. The Morgan fingerprint density at radius 2 is 1.34 bits per heavy atom. The first-order valence-corrected chi connectivity index (χ1v) is 10.9. The van der Waals surface area contributed by atoms with E-state index in [0.717, 1.165) is 11.3 Å². The molecule has 32 heavy (non-hydrogen) atoms. The first-order chi connectivity index (χ1) is 15.8. The Hall–Kier alpha value is -4.17. The zero-order valence-corrected chi connectivity index (χ0v) is 17.9. The number of pyridine rings is 1. The molecule has 6 rings (SSSR count). The third-order valence-electron chi connectivity index (χ3n) is 6.20. The Morgan fingerprint density at radius 1 is 0.594 bits per heavy atom. The smallest absolute Gasteiger partial charge is 0.0702 e. The zero-order chi connectivity index (χ0) is 21.5. The summed E-state index contributed by atoms with van der Waals surface area (Å²) in [7, 11) is 0. The number of hydrogen-bond acceptors (Lipinski definition) is 1. The van der Waals surface area contributed by atoms with Gasteiger partial charge < -0.3 is 4.57 Å². The minimum atomic E-state index is 0.996. The van der Waals surface area contributed by atoms with Crippen molar-refractivity contribution in [2.24, 2.45) is 0 Å². The number of fused-ring (bicyclic) bond motifs is 3. The van der Waals surface area contributed by atoms with E-state index in [2.05, 4.69) is 114 Å². The van der Waals surface area contributed by atoms with Crippen LogP contribution in [0.15, 0.2) is 115 Å². The minimum absolute atomic E-state index is 0.996. The molecule has 6 aromatic rings. The maximum absolute atomic E-state index is 4.54. The maximum Gasteiger partial charge on any atom is 0.0702 e. The van der Waals surface area contributed by atoms with Gasteiger partial charge in [0.1, 0.15) is 0 Å². The molecule has 2 heteroatoms. The molecule has 0 aliphatic carbocycles. The fraction of sp³-hybridized carbons (Fsp3) is 0.0333. The predicted molar refractivity (Wildman–Crippen MR) is 134 cm³/mol. The van der Waals surface area contributed by atoms with Crippen LogP contribution in [0.2, 0.25) is 0 Å². The lowest BCUT2D eigenvalue weighted by atomic mass is 9.95. The summed E-state index contributed by atoms with van der Waals surface area (Å²) in [6.45, 7) is 2.18. The largest absolute Gasteiger partial charge is 0.309 e. The van der Waals surface area contributed by atoms with Crippen molar-refractivity contribution in [1.82, 2.24) is 9.55 Å². The van der Waals surface area contributed by atoms with Crippen LogP contribution in [-0.2, 0) is 0 Å². The second-order valence-electron chi connectivity index (χ2n) is 8.16. The fourth-order valence-corrected chi connectivity index (χ4v) is 4.62. The molecule has 0 bridgehead atoms. The van der Waals surface area contributed by atoms with E-state index < -0.39 is 0 Å². The molecule has 0 amide bonds. The van der Waals surface area contributed by atoms with Crippen molar-refractivity contribution in [3.05, 3.63) is 121 Å². The fourth-order valence-electron chi connectivity index (χ4n) is 4.62. The summed E-state index contributed by atoms with van der Waals surface area (Å²) in [6.07, 6.45) is 1.85. The topological polar surface area (TPSA) is 17.8 Å². The first-order valence-electron chi connectivity index (χ1n) is 10.9. The average molecular weight is 411 g/mol. The SMILES string of the molecule is Cc1ccc(-c2ccccn2)cc1-c1ccc2c(c1)c1ccccc1n2-c1ccccc1. The zero-order valence-electron chi connectivity index (χ0n) is 17.9. The van der Waals surface area contributed by atoms with Crippen molar-refractivity contribution >= 4 is 21.8 Å². The molecule has 0 fully saturated rings. The molecule has 0 radical (unpaired) electrons. The third-order valence-corrected chi connectivity index (χ3v) is 6.20. The molecule has 0 aliphatic rings. The van der Waals surface area contributed by atoms with Crippen LogP contribution in [0, 0.1) is 6.92 Å². The molecule has 0 atom stereocenters. The van der Waals surface area contributed by atoms with Crippen LogP contribution in [0.1, 0.15) is 5.56 Å².